The molecule has 5 nitrogen and oxygen atoms in total. The summed E-state index contributed by atoms with van der Waals surface area (Å²) in [7, 11) is 1.52. The zero-order valence-corrected chi connectivity index (χ0v) is 14.6. The van der Waals surface area contributed by atoms with Gasteiger partial charge in [-0.3, -0.25) is 4.79 Å². The molecule has 1 atom stereocenters. The number of pyridine rings is 1. The van der Waals surface area contributed by atoms with Gasteiger partial charge >= 0.3 is 6.18 Å². The highest BCUT2D eigenvalue weighted by Gasteiger charge is 2.36. The first-order valence-corrected chi connectivity index (χ1v) is 8.06. The molecule has 0 aromatic carbocycles. The van der Waals surface area contributed by atoms with Gasteiger partial charge in [0.2, 0.25) is 0 Å². The summed E-state index contributed by atoms with van der Waals surface area (Å²) in [4.78, 5) is 16.2. The largest absolute Gasteiger partial charge is 0.404 e. The van der Waals surface area contributed by atoms with Gasteiger partial charge in [0, 0.05) is 13.2 Å². The van der Waals surface area contributed by atoms with Gasteiger partial charge in [-0.15, -0.1) is 0 Å². The minimum atomic E-state index is -4.40. The van der Waals surface area contributed by atoms with Gasteiger partial charge in [0.25, 0.3) is 5.91 Å². The molecule has 25 heavy (non-hydrogen) atoms. The van der Waals surface area contributed by atoms with Gasteiger partial charge in [-0.05, 0) is 31.0 Å². The molecule has 0 saturated heterocycles. The lowest BCUT2D eigenvalue weighted by Gasteiger charge is -2.15. The minimum absolute atomic E-state index is 0.00557. The van der Waals surface area contributed by atoms with Crippen molar-refractivity contribution in [1.82, 2.24) is 14.3 Å². The van der Waals surface area contributed by atoms with Gasteiger partial charge in [-0.1, -0.05) is 11.6 Å². The maximum atomic E-state index is 12.8. The molecular weight excluding hydrogens is 384 g/mol. The maximum absolute atomic E-state index is 12.8. The van der Waals surface area contributed by atoms with Gasteiger partial charge in [0.15, 0.2) is 0 Å². The summed E-state index contributed by atoms with van der Waals surface area (Å²) in [5, 5.41) is 2.43. The lowest BCUT2D eigenvalue weighted by Crippen LogP contribution is -2.35. The van der Waals surface area contributed by atoms with Crippen LogP contribution in [0, 0.1) is 5.82 Å². The molecule has 0 bridgehead atoms. The van der Waals surface area contributed by atoms with Crippen molar-refractivity contribution in [1.29, 1.82) is 0 Å². The molecule has 0 spiro atoms. The molecule has 0 fully saturated rings. The van der Waals surface area contributed by atoms with Crippen molar-refractivity contribution in [3.8, 4) is 0 Å². The van der Waals surface area contributed by atoms with Gasteiger partial charge in [-0.2, -0.15) is 13.2 Å². The first-order valence-electron chi connectivity index (χ1n) is 6.86. The van der Waals surface area contributed by atoms with E-state index in [0.29, 0.717) is 11.9 Å². The Balaban J connectivity index is 2.12. The van der Waals surface area contributed by atoms with Crippen LogP contribution in [-0.2, 0) is 7.05 Å². The highest BCUT2D eigenvalue weighted by molar-refractivity contribution is 7.97. The van der Waals surface area contributed by atoms with Crippen LogP contribution >= 0.6 is 23.5 Å². The number of aryl methyl sites for hydroxylation is 1. The Kier molecular flexibility index (Phi) is 5.96. The van der Waals surface area contributed by atoms with E-state index in [1.54, 1.807) is 0 Å². The summed E-state index contributed by atoms with van der Waals surface area (Å²) in [6.45, 7) is 0.970. The summed E-state index contributed by atoms with van der Waals surface area (Å²) < 4.78 is 54.0. The Bertz CT molecular complexity index is 763. The van der Waals surface area contributed by atoms with E-state index in [-0.39, 0.29) is 21.4 Å². The average Bonchev–Trinajstić information content (AvgIpc) is 2.80. The molecule has 0 radical (unpaired) electrons. The number of carbonyl (C=O) groups excluding carboxylic acids is 1. The molecule has 0 saturated carbocycles. The second-order valence-electron chi connectivity index (χ2n) is 5.07. The third-order valence-corrected chi connectivity index (χ3v) is 4.60. The van der Waals surface area contributed by atoms with Crippen molar-refractivity contribution in [3.63, 3.8) is 0 Å². The van der Waals surface area contributed by atoms with Crippen LogP contribution in [-0.4, -0.2) is 27.7 Å². The molecule has 1 amide bonds. The number of nitrogens with one attached hydrogen (secondary N) is 2. The predicted octanol–water partition coefficient (Wildman–Crippen LogP) is 4.01. The number of carbonyl (C=O) groups is 1. The molecule has 0 unspecified atom stereocenters. The van der Waals surface area contributed by atoms with Crippen molar-refractivity contribution in [3.05, 3.63) is 41.1 Å². The van der Waals surface area contributed by atoms with Crippen LogP contribution in [0.4, 0.5) is 23.4 Å². The summed E-state index contributed by atoms with van der Waals surface area (Å²) in [5.74, 6) is -1.07. The number of nitrogens with zero attached hydrogens (tertiary/aromatic N) is 2. The number of rotatable bonds is 5. The third-order valence-electron chi connectivity index (χ3n) is 3.11. The van der Waals surface area contributed by atoms with Crippen LogP contribution in [0.5, 0.6) is 0 Å². The SMILES string of the molecule is C[C@@H](NSc1cn(C)c(C(=O)Nc2ccc(F)cn2)c1Cl)C(F)(F)F. The number of amides is 1. The van der Waals surface area contributed by atoms with E-state index in [9.17, 15) is 22.4 Å². The first kappa shape index (κ1) is 19.5. The quantitative estimate of drug-likeness (QED) is 0.592. The molecular formula is C14H13ClF4N4OS. The summed E-state index contributed by atoms with van der Waals surface area (Å²) in [6.07, 6.45) is -2.04. The van der Waals surface area contributed by atoms with E-state index in [0.717, 1.165) is 19.2 Å². The van der Waals surface area contributed by atoms with Crippen molar-refractivity contribution >= 4 is 35.3 Å². The normalized spacial score (nSPS) is 12.9. The van der Waals surface area contributed by atoms with Gasteiger partial charge in [0.05, 0.1) is 16.1 Å². The predicted molar refractivity (Wildman–Crippen MR) is 87.1 cm³/mol. The molecule has 2 aromatic heterocycles. The van der Waals surface area contributed by atoms with Crippen LogP contribution in [0.25, 0.3) is 0 Å². The molecule has 0 aliphatic rings. The maximum Gasteiger partial charge on any atom is 0.404 e. The number of hydrogen-bond acceptors (Lipinski definition) is 4. The number of aromatic nitrogens is 2. The van der Waals surface area contributed by atoms with Crippen LogP contribution < -0.4 is 10.0 Å². The Hall–Kier alpha value is -1.78. The van der Waals surface area contributed by atoms with Gasteiger partial charge in [-0.25, -0.2) is 14.1 Å². The highest BCUT2D eigenvalue weighted by Crippen LogP contribution is 2.32. The third kappa shape index (κ3) is 4.86. The van der Waals surface area contributed by atoms with Crippen molar-refractivity contribution in [2.24, 2.45) is 7.05 Å². The second-order valence-corrected chi connectivity index (χ2v) is 6.32. The zero-order chi connectivity index (χ0) is 18.8. The van der Waals surface area contributed by atoms with Crippen LogP contribution in [0.3, 0.4) is 0 Å². The van der Waals surface area contributed by atoms with Crippen molar-refractivity contribution in [2.45, 2.75) is 24.0 Å². The number of anilines is 1. The highest BCUT2D eigenvalue weighted by atomic mass is 35.5. The molecule has 2 heterocycles. The first-order chi connectivity index (χ1) is 11.6. The molecule has 2 rings (SSSR count). The Labute approximate surface area is 149 Å². The fourth-order valence-corrected chi connectivity index (χ4v) is 2.96. The lowest BCUT2D eigenvalue weighted by atomic mass is 10.3. The van der Waals surface area contributed by atoms with Crippen LogP contribution in [0.2, 0.25) is 5.02 Å². The topological polar surface area (TPSA) is 59.0 Å². The van der Waals surface area contributed by atoms with E-state index in [4.69, 9.17) is 11.6 Å². The Morgan fingerprint density at radius 2 is 2.08 bits per heavy atom. The molecule has 136 valence electrons. The van der Waals surface area contributed by atoms with E-state index in [1.807, 2.05) is 0 Å². The number of alkyl halides is 3. The van der Waals surface area contributed by atoms with Gasteiger partial charge < -0.3 is 9.88 Å². The van der Waals surface area contributed by atoms with Crippen molar-refractivity contribution < 1.29 is 22.4 Å². The summed E-state index contributed by atoms with van der Waals surface area (Å²) >= 11 is 6.78. The monoisotopic (exact) mass is 396 g/mol. The number of hydrogen-bond donors (Lipinski definition) is 2. The standard InChI is InChI=1S/C14H13ClF4N4OS/c1-7(14(17,18)19)22-25-9-6-23(2)12(11(9)15)13(24)21-10-4-3-8(16)5-20-10/h3-7,22H,1-2H3,(H,20,21,24)/t7-/m1/s1. The van der Waals surface area contributed by atoms with Crippen LogP contribution in [0.1, 0.15) is 17.4 Å². The minimum Gasteiger partial charge on any atom is -0.344 e. The lowest BCUT2D eigenvalue weighted by molar-refractivity contribution is -0.146. The fourth-order valence-electron chi connectivity index (χ4n) is 1.74. The summed E-state index contributed by atoms with van der Waals surface area (Å²) in [6, 6.07) is 0.639. The van der Waals surface area contributed by atoms with E-state index < -0.39 is 23.9 Å². The molecule has 2 N–H and O–H groups in total. The van der Waals surface area contributed by atoms with E-state index >= 15 is 0 Å². The van der Waals surface area contributed by atoms with E-state index in [1.165, 1.54) is 23.9 Å². The molecule has 0 aliphatic carbocycles. The average molecular weight is 397 g/mol. The Morgan fingerprint density at radius 3 is 2.64 bits per heavy atom. The summed E-state index contributed by atoms with van der Waals surface area (Å²) in [5.41, 5.74) is 0.0387. The Morgan fingerprint density at radius 1 is 1.40 bits per heavy atom. The zero-order valence-electron chi connectivity index (χ0n) is 13.0. The fraction of sp³-hybridized carbons (Fsp3) is 0.286. The molecule has 2 aromatic rings. The van der Waals surface area contributed by atoms with Crippen LogP contribution in [0.15, 0.2) is 29.4 Å². The molecule has 0 aliphatic heterocycles. The van der Waals surface area contributed by atoms with E-state index in [2.05, 4.69) is 15.0 Å². The van der Waals surface area contributed by atoms with Crippen molar-refractivity contribution in [2.75, 3.05) is 5.32 Å². The number of halogens is 5. The second kappa shape index (κ2) is 7.63. The smallest absolute Gasteiger partial charge is 0.344 e. The molecule has 11 heteroatoms. The van der Waals surface area contributed by atoms with Gasteiger partial charge in [0.1, 0.15) is 23.4 Å².